The minimum absolute atomic E-state index is 0.182. The highest BCUT2D eigenvalue weighted by atomic mass is 15.2. The van der Waals surface area contributed by atoms with E-state index in [1.807, 2.05) is 25.9 Å². The van der Waals surface area contributed by atoms with Crippen molar-refractivity contribution in [2.75, 3.05) is 20.6 Å². The Labute approximate surface area is 78.5 Å². The summed E-state index contributed by atoms with van der Waals surface area (Å²) < 4.78 is 0. The van der Waals surface area contributed by atoms with Crippen molar-refractivity contribution in [1.29, 1.82) is 5.41 Å². The second kappa shape index (κ2) is 5.36. The maximum atomic E-state index is 6.89. The Morgan fingerprint density at radius 1 is 1.54 bits per heavy atom. The maximum absolute atomic E-state index is 6.89. The first-order valence-corrected chi connectivity index (χ1v) is 4.01. The lowest BCUT2D eigenvalue weighted by molar-refractivity contribution is 0.321. The molecule has 0 aromatic rings. The van der Waals surface area contributed by atoms with Crippen molar-refractivity contribution in [2.24, 2.45) is 16.5 Å². The summed E-state index contributed by atoms with van der Waals surface area (Å²) in [6.07, 6.45) is 0. The number of likely N-dealkylation sites (N-methyl/N-ethyl adjacent to an activating group) is 1. The number of nitrogens with one attached hydrogen (secondary N) is 2. The molecule has 0 aromatic carbocycles. The van der Waals surface area contributed by atoms with Gasteiger partial charge in [0.1, 0.15) is 0 Å². The van der Waals surface area contributed by atoms with Gasteiger partial charge in [-0.3, -0.25) is 15.7 Å². The topological polar surface area (TPSA) is 104 Å². The minimum Gasteiger partial charge on any atom is -0.370 e. The van der Waals surface area contributed by atoms with E-state index in [9.17, 15) is 0 Å². The molecule has 1 atom stereocenters. The highest BCUT2D eigenvalue weighted by Crippen LogP contribution is 1.90. The molecule has 0 aromatic heterocycles. The lowest BCUT2D eigenvalue weighted by Crippen LogP contribution is -2.41. The molecule has 0 amide bonds. The summed E-state index contributed by atoms with van der Waals surface area (Å²) in [6.45, 7) is 2.61. The second-order valence-electron chi connectivity index (χ2n) is 3.08. The number of nitrogens with two attached hydrogens (primary N) is 2. The summed E-state index contributed by atoms with van der Waals surface area (Å²) in [6, 6.07) is 0.312. The van der Waals surface area contributed by atoms with E-state index in [1.54, 1.807) is 0 Å². The number of guanidine groups is 2. The zero-order valence-corrected chi connectivity index (χ0v) is 8.33. The summed E-state index contributed by atoms with van der Waals surface area (Å²) in [5.74, 6) is -0.0139. The molecule has 76 valence electrons. The highest BCUT2D eigenvalue weighted by Gasteiger charge is 2.02. The zero-order chi connectivity index (χ0) is 10.4. The van der Waals surface area contributed by atoms with Gasteiger partial charge in [0.2, 0.25) is 0 Å². The lowest BCUT2D eigenvalue weighted by Gasteiger charge is -2.17. The van der Waals surface area contributed by atoms with E-state index in [2.05, 4.69) is 10.3 Å². The molecular formula is C7H18N6. The highest BCUT2D eigenvalue weighted by molar-refractivity contribution is 5.95. The molecule has 0 heterocycles. The van der Waals surface area contributed by atoms with E-state index in [0.29, 0.717) is 12.6 Å². The van der Waals surface area contributed by atoms with E-state index in [4.69, 9.17) is 16.9 Å². The van der Waals surface area contributed by atoms with E-state index in [0.717, 1.165) is 0 Å². The summed E-state index contributed by atoms with van der Waals surface area (Å²) >= 11 is 0. The van der Waals surface area contributed by atoms with Crippen molar-refractivity contribution in [1.82, 2.24) is 10.2 Å². The average Bonchev–Trinajstić information content (AvgIpc) is 1.98. The van der Waals surface area contributed by atoms with Crippen LogP contribution in [0.5, 0.6) is 0 Å². The van der Waals surface area contributed by atoms with Crippen molar-refractivity contribution in [3.8, 4) is 0 Å². The monoisotopic (exact) mass is 186 g/mol. The molecule has 6 N–H and O–H groups in total. The quantitative estimate of drug-likeness (QED) is 0.326. The van der Waals surface area contributed by atoms with Crippen LogP contribution in [0, 0.1) is 5.41 Å². The third-order valence-corrected chi connectivity index (χ3v) is 1.67. The average molecular weight is 186 g/mol. The van der Waals surface area contributed by atoms with Gasteiger partial charge in [-0.15, -0.1) is 0 Å². The Morgan fingerprint density at radius 2 is 2.08 bits per heavy atom. The van der Waals surface area contributed by atoms with Gasteiger partial charge in [0.05, 0.1) is 6.54 Å². The fourth-order valence-corrected chi connectivity index (χ4v) is 0.571. The van der Waals surface area contributed by atoms with Crippen molar-refractivity contribution in [2.45, 2.75) is 13.0 Å². The van der Waals surface area contributed by atoms with Crippen LogP contribution in [0.3, 0.4) is 0 Å². The van der Waals surface area contributed by atoms with Crippen LogP contribution < -0.4 is 16.8 Å². The maximum Gasteiger partial charge on any atom is 0.195 e. The van der Waals surface area contributed by atoms with Gasteiger partial charge < -0.3 is 16.4 Å². The molecule has 0 saturated heterocycles. The number of rotatable bonds is 3. The summed E-state index contributed by atoms with van der Waals surface area (Å²) in [7, 11) is 3.93. The fraction of sp³-hybridized carbons (Fsp3) is 0.714. The van der Waals surface area contributed by atoms with Gasteiger partial charge in [-0.05, 0) is 21.0 Å². The molecule has 0 aliphatic carbocycles. The Hall–Kier alpha value is -1.30. The van der Waals surface area contributed by atoms with Crippen molar-refractivity contribution in [3.63, 3.8) is 0 Å². The molecule has 0 spiro atoms. The van der Waals surface area contributed by atoms with Crippen molar-refractivity contribution < 1.29 is 0 Å². The van der Waals surface area contributed by atoms with Gasteiger partial charge in [-0.1, -0.05) is 0 Å². The molecular weight excluding hydrogens is 168 g/mol. The van der Waals surface area contributed by atoms with Crippen LogP contribution in [0.15, 0.2) is 4.99 Å². The van der Waals surface area contributed by atoms with Gasteiger partial charge in [0.25, 0.3) is 0 Å². The molecule has 0 rings (SSSR count). The van der Waals surface area contributed by atoms with Crippen LogP contribution in [0.25, 0.3) is 0 Å². The molecule has 0 radical (unpaired) electrons. The van der Waals surface area contributed by atoms with E-state index in [1.165, 1.54) is 0 Å². The number of hydrogen-bond acceptors (Lipinski definition) is 3. The predicted molar refractivity (Wildman–Crippen MR) is 54.7 cm³/mol. The van der Waals surface area contributed by atoms with Crippen molar-refractivity contribution in [3.05, 3.63) is 0 Å². The first-order chi connectivity index (χ1) is 5.93. The van der Waals surface area contributed by atoms with Gasteiger partial charge in [0.15, 0.2) is 11.9 Å². The SMILES string of the molecule is CC(CN=C(N)NC(=N)N)N(C)C. The van der Waals surface area contributed by atoms with Crippen LogP contribution in [0.4, 0.5) is 0 Å². The fourth-order valence-electron chi connectivity index (χ4n) is 0.571. The first kappa shape index (κ1) is 11.7. The summed E-state index contributed by atoms with van der Waals surface area (Å²) in [5.41, 5.74) is 10.5. The third kappa shape index (κ3) is 5.92. The minimum atomic E-state index is -0.196. The normalized spacial score (nSPS) is 14.3. The van der Waals surface area contributed by atoms with Gasteiger partial charge in [-0.25, -0.2) is 0 Å². The molecule has 0 saturated carbocycles. The first-order valence-electron chi connectivity index (χ1n) is 4.01. The van der Waals surface area contributed by atoms with Crippen LogP contribution in [0.2, 0.25) is 0 Å². The summed E-state index contributed by atoms with van der Waals surface area (Å²) in [4.78, 5) is 6.04. The number of nitrogens with zero attached hydrogens (tertiary/aromatic N) is 2. The third-order valence-electron chi connectivity index (χ3n) is 1.67. The Morgan fingerprint density at radius 3 is 2.46 bits per heavy atom. The van der Waals surface area contributed by atoms with Crippen molar-refractivity contribution >= 4 is 11.9 Å². The van der Waals surface area contributed by atoms with E-state index >= 15 is 0 Å². The van der Waals surface area contributed by atoms with Gasteiger partial charge >= 0.3 is 0 Å². The number of aliphatic imine (C=N–C) groups is 1. The Bertz CT molecular complexity index is 197. The molecule has 0 fully saturated rings. The van der Waals surface area contributed by atoms with E-state index < -0.39 is 0 Å². The predicted octanol–water partition coefficient (Wildman–Crippen LogP) is -1.27. The van der Waals surface area contributed by atoms with Crippen LogP contribution >= 0.6 is 0 Å². The lowest BCUT2D eigenvalue weighted by atomic mass is 10.3. The zero-order valence-electron chi connectivity index (χ0n) is 8.33. The van der Waals surface area contributed by atoms with Crippen LogP contribution in [-0.4, -0.2) is 43.5 Å². The van der Waals surface area contributed by atoms with E-state index in [-0.39, 0.29) is 11.9 Å². The molecule has 13 heavy (non-hydrogen) atoms. The van der Waals surface area contributed by atoms with Crippen LogP contribution in [0.1, 0.15) is 6.92 Å². The summed E-state index contributed by atoms with van der Waals surface area (Å²) in [5, 5.41) is 9.30. The van der Waals surface area contributed by atoms with Gasteiger partial charge in [0, 0.05) is 6.04 Å². The number of hydrogen-bond donors (Lipinski definition) is 4. The molecule has 0 aliphatic heterocycles. The molecule has 6 heteroatoms. The smallest absolute Gasteiger partial charge is 0.195 e. The largest absolute Gasteiger partial charge is 0.370 e. The Balaban J connectivity index is 3.89. The van der Waals surface area contributed by atoms with Crippen LogP contribution in [-0.2, 0) is 0 Å². The molecule has 6 nitrogen and oxygen atoms in total. The molecule has 0 bridgehead atoms. The second-order valence-corrected chi connectivity index (χ2v) is 3.08. The molecule has 0 aliphatic rings. The standard InChI is InChI=1S/C7H18N6/c1-5(13(2)3)4-11-7(10)12-6(8)9/h5H,4H2,1-3H3,(H6,8,9,10,11,12). The molecule has 1 unspecified atom stereocenters. The van der Waals surface area contributed by atoms with Gasteiger partial charge in [-0.2, -0.15) is 0 Å². The Kier molecular flexibility index (Phi) is 4.83.